The van der Waals surface area contributed by atoms with E-state index in [4.69, 9.17) is 22.1 Å². The molecule has 0 aliphatic carbocycles. The Bertz CT molecular complexity index is 456. The highest BCUT2D eigenvalue weighted by Crippen LogP contribution is 2.19. The zero-order valence-electron chi connectivity index (χ0n) is 9.76. The molecule has 0 fully saturated rings. The molecule has 1 aromatic rings. The summed E-state index contributed by atoms with van der Waals surface area (Å²) in [5, 5.41) is 0. The van der Waals surface area contributed by atoms with Crippen LogP contribution in [0, 0.1) is 0 Å². The minimum absolute atomic E-state index is 0.163. The van der Waals surface area contributed by atoms with E-state index < -0.39 is 20.6 Å². The fourth-order valence-corrected chi connectivity index (χ4v) is 2.51. The van der Waals surface area contributed by atoms with Crippen molar-refractivity contribution in [1.82, 2.24) is 0 Å². The zero-order chi connectivity index (χ0) is 13.1. The van der Waals surface area contributed by atoms with E-state index in [0.29, 0.717) is 5.75 Å². The topological polar surface area (TPSA) is 69.4 Å². The van der Waals surface area contributed by atoms with Crippen LogP contribution in [0.3, 0.4) is 0 Å². The Morgan fingerprint density at radius 3 is 2.29 bits per heavy atom. The highest BCUT2D eigenvalue weighted by Gasteiger charge is 2.22. The van der Waals surface area contributed by atoms with Crippen LogP contribution >= 0.6 is 11.6 Å². The van der Waals surface area contributed by atoms with Gasteiger partial charge in [0.05, 0.1) is 12.9 Å². The van der Waals surface area contributed by atoms with E-state index in [9.17, 15) is 8.42 Å². The molecular weight excluding hydrogens is 262 g/mol. The summed E-state index contributed by atoms with van der Waals surface area (Å²) in [6, 6.07) is 6.40. The first-order valence-corrected chi connectivity index (χ1v) is 7.27. The molecule has 0 spiro atoms. The maximum Gasteiger partial charge on any atom is 0.168 e. The van der Waals surface area contributed by atoms with Gasteiger partial charge in [0.2, 0.25) is 0 Å². The second kappa shape index (κ2) is 5.71. The van der Waals surface area contributed by atoms with Gasteiger partial charge in [-0.2, -0.15) is 0 Å². The van der Waals surface area contributed by atoms with E-state index >= 15 is 0 Å². The number of hydrogen-bond donors (Lipinski definition) is 1. The van der Waals surface area contributed by atoms with Gasteiger partial charge in [0.15, 0.2) is 9.84 Å². The third kappa shape index (κ3) is 3.87. The van der Waals surface area contributed by atoms with Gasteiger partial charge in [0, 0.05) is 6.04 Å². The largest absolute Gasteiger partial charge is 0.497 e. The van der Waals surface area contributed by atoms with Crippen LogP contribution in [0.1, 0.15) is 18.5 Å². The van der Waals surface area contributed by atoms with Crippen LogP contribution in [-0.2, 0) is 9.84 Å². The predicted octanol–water partition coefficient (Wildman–Crippen LogP) is 1.69. The lowest BCUT2D eigenvalue weighted by atomic mass is 10.1. The lowest BCUT2D eigenvalue weighted by molar-refractivity contribution is 0.414. The van der Waals surface area contributed by atoms with Crippen LogP contribution in [0.2, 0.25) is 0 Å². The molecule has 1 rings (SSSR count). The average Bonchev–Trinajstić information content (AvgIpc) is 2.28. The summed E-state index contributed by atoms with van der Waals surface area (Å²) < 4.78 is 27.3. The number of alkyl halides is 1. The van der Waals surface area contributed by atoms with Crippen molar-refractivity contribution in [2.24, 2.45) is 5.73 Å². The first-order valence-electron chi connectivity index (χ1n) is 5.12. The summed E-state index contributed by atoms with van der Waals surface area (Å²) in [6.07, 6.45) is 0. The SMILES string of the molecule is COc1ccc(C(N)CS(=O)(=O)C(C)Cl)cc1. The first-order chi connectivity index (χ1) is 7.86. The Hall–Kier alpha value is -0.780. The summed E-state index contributed by atoms with van der Waals surface area (Å²) in [7, 11) is -1.79. The molecule has 2 atom stereocenters. The van der Waals surface area contributed by atoms with Crippen LogP contribution in [-0.4, -0.2) is 26.0 Å². The normalized spacial score (nSPS) is 15.3. The summed E-state index contributed by atoms with van der Waals surface area (Å²) in [6.45, 7) is 1.43. The second-order valence-corrected chi connectivity index (χ2v) is 7.03. The number of ether oxygens (including phenoxy) is 1. The maximum absolute atomic E-state index is 11.6. The molecule has 1 aromatic carbocycles. The Balaban J connectivity index is 2.80. The number of hydrogen-bond acceptors (Lipinski definition) is 4. The molecule has 0 bridgehead atoms. The van der Waals surface area contributed by atoms with Crippen LogP contribution in [0.25, 0.3) is 0 Å². The quantitative estimate of drug-likeness (QED) is 0.832. The van der Waals surface area contributed by atoms with Crippen molar-refractivity contribution in [3.8, 4) is 5.75 Å². The fraction of sp³-hybridized carbons (Fsp3) is 0.455. The third-order valence-electron chi connectivity index (χ3n) is 2.45. The Morgan fingerprint density at radius 1 is 1.35 bits per heavy atom. The van der Waals surface area contributed by atoms with Crippen molar-refractivity contribution < 1.29 is 13.2 Å². The van der Waals surface area contributed by atoms with Crippen molar-refractivity contribution in [3.05, 3.63) is 29.8 Å². The van der Waals surface area contributed by atoms with Gasteiger partial charge in [0.1, 0.15) is 10.5 Å². The molecular formula is C11H16ClNO3S. The Kier molecular flexibility index (Phi) is 4.80. The van der Waals surface area contributed by atoms with E-state index in [1.54, 1.807) is 31.4 Å². The monoisotopic (exact) mass is 277 g/mol. The molecule has 2 unspecified atom stereocenters. The summed E-state index contributed by atoms with van der Waals surface area (Å²) >= 11 is 5.59. The van der Waals surface area contributed by atoms with E-state index in [2.05, 4.69) is 0 Å². The number of methoxy groups -OCH3 is 1. The molecule has 0 aliphatic rings. The zero-order valence-corrected chi connectivity index (χ0v) is 11.3. The van der Waals surface area contributed by atoms with E-state index in [0.717, 1.165) is 5.56 Å². The second-order valence-electron chi connectivity index (χ2n) is 3.75. The molecule has 0 saturated heterocycles. The number of sulfone groups is 1. The van der Waals surface area contributed by atoms with Gasteiger partial charge in [-0.05, 0) is 24.6 Å². The predicted molar refractivity (Wildman–Crippen MR) is 69.0 cm³/mol. The molecule has 0 aromatic heterocycles. The molecule has 0 amide bonds. The smallest absolute Gasteiger partial charge is 0.168 e. The number of nitrogens with two attached hydrogens (primary N) is 1. The van der Waals surface area contributed by atoms with Crippen molar-refractivity contribution >= 4 is 21.4 Å². The fourth-order valence-electron chi connectivity index (χ4n) is 1.33. The van der Waals surface area contributed by atoms with Crippen LogP contribution in [0.5, 0.6) is 5.75 Å². The van der Waals surface area contributed by atoms with E-state index in [1.165, 1.54) is 6.92 Å². The molecule has 96 valence electrons. The van der Waals surface area contributed by atoms with Crippen LogP contribution in [0.4, 0.5) is 0 Å². The van der Waals surface area contributed by atoms with Crippen molar-refractivity contribution in [2.45, 2.75) is 17.7 Å². The molecule has 6 heteroatoms. The van der Waals surface area contributed by atoms with E-state index in [1.807, 2.05) is 0 Å². The van der Waals surface area contributed by atoms with Gasteiger partial charge >= 0.3 is 0 Å². The highest BCUT2D eigenvalue weighted by molar-refractivity contribution is 7.93. The number of rotatable bonds is 5. The Labute approximate surface area is 107 Å². The Morgan fingerprint density at radius 2 is 1.88 bits per heavy atom. The minimum Gasteiger partial charge on any atom is -0.497 e. The van der Waals surface area contributed by atoms with Gasteiger partial charge in [-0.1, -0.05) is 12.1 Å². The number of benzene rings is 1. The van der Waals surface area contributed by atoms with E-state index in [-0.39, 0.29) is 5.75 Å². The van der Waals surface area contributed by atoms with Crippen LogP contribution in [0.15, 0.2) is 24.3 Å². The molecule has 17 heavy (non-hydrogen) atoms. The molecule has 2 N–H and O–H groups in total. The lowest BCUT2D eigenvalue weighted by Gasteiger charge is -2.14. The first kappa shape index (κ1) is 14.3. The van der Waals surface area contributed by atoms with Crippen molar-refractivity contribution in [3.63, 3.8) is 0 Å². The van der Waals surface area contributed by atoms with Gasteiger partial charge in [-0.15, -0.1) is 11.6 Å². The summed E-state index contributed by atoms with van der Waals surface area (Å²) in [5.74, 6) is 0.541. The average molecular weight is 278 g/mol. The highest BCUT2D eigenvalue weighted by atomic mass is 35.5. The molecule has 0 aliphatic heterocycles. The van der Waals surface area contributed by atoms with Crippen LogP contribution < -0.4 is 10.5 Å². The summed E-state index contributed by atoms with van der Waals surface area (Å²) in [4.78, 5) is 0. The third-order valence-corrected chi connectivity index (χ3v) is 5.08. The standard InChI is InChI=1S/C11H16ClNO3S/c1-8(12)17(14,15)7-11(13)9-3-5-10(16-2)6-4-9/h3-6,8,11H,7,13H2,1-2H3. The van der Waals surface area contributed by atoms with Gasteiger partial charge in [-0.3, -0.25) is 0 Å². The number of halogens is 1. The maximum atomic E-state index is 11.6. The molecule has 0 heterocycles. The molecule has 0 radical (unpaired) electrons. The molecule has 0 saturated carbocycles. The van der Waals surface area contributed by atoms with Gasteiger partial charge in [-0.25, -0.2) is 8.42 Å². The molecule has 4 nitrogen and oxygen atoms in total. The van der Waals surface area contributed by atoms with Crippen molar-refractivity contribution in [1.29, 1.82) is 0 Å². The van der Waals surface area contributed by atoms with Gasteiger partial charge in [0.25, 0.3) is 0 Å². The van der Waals surface area contributed by atoms with Gasteiger partial charge < -0.3 is 10.5 Å². The lowest BCUT2D eigenvalue weighted by Crippen LogP contribution is -2.25. The minimum atomic E-state index is -3.35. The summed E-state index contributed by atoms with van der Waals surface area (Å²) in [5.41, 5.74) is 6.57. The van der Waals surface area contributed by atoms with Crippen molar-refractivity contribution in [2.75, 3.05) is 12.9 Å².